The molecule has 7 nitrogen and oxygen atoms in total. The minimum atomic E-state index is -0.438. The highest BCUT2D eigenvalue weighted by Crippen LogP contribution is 2.24. The summed E-state index contributed by atoms with van der Waals surface area (Å²) in [5.74, 6) is 0.476. The third-order valence-corrected chi connectivity index (χ3v) is 6.63. The molecule has 35 heavy (non-hydrogen) atoms. The summed E-state index contributed by atoms with van der Waals surface area (Å²) < 4.78 is 0. The molecule has 2 amide bonds. The summed E-state index contributed by atoms with van der Waals surface area (Å²) in [7, 11) is 0. The number of pyridine rings is 1. The second-order valence-corrected chi connectivity index (χ2v) is 9.19. The molecule has 0 bridgehead atoms. The van der Waals surface area contributed by atoms with Crippen molar-refractivity contribution in [1.29, 1.82) is 0 Å². The summed E-state index contributed by atoms with van der Waals surface area (Å²) in [6, 6.07) is 16.0. The predicted molar refractivity (Wildman–Crippen MR) is 145 cm³/mol. The fourth-order valence-electron chi connectivity index (χ4n) is 4.87. The Hall–Kier alpha value is -3.45. The van der Waals surface area contributed by atoms with Crippen LogP contribution in [0.1, 0.15) is 38.7 Å². The summed E-state index contributed by atoms with van der Waals surface area (Å²) in [4.78, 5) is 25.8. The number of carbonyl (C=O) groups excluding carboxylic acids is 1. The van der Waals surface area contributed by atoms with E-state index in [1.165, 1.54) is 11.3 Å². The molecule has 184 valence electrons. The van der Waals surface area contributed by atoms with Gasteiger partial charge in [-0.2, -0.15) is 4.99 Å². The van der Waals surface area contributed by atoms with Gasteiger partial charge >= 0.3 is 6.03 Å². The molecule has 3 aromatic rings. The van der Waals surface area contributed by atoms with Gasteiger partial charge in [0.2, 0.25) is 0 Å². The van der Waals surface area contributed by atoms with Crippen molar-refractivity contribution in [2.75, 3.05) is 36.4 Å². The van der Waals surface area contributed by atoms with Crippen LogP contribution in [0, 0.1) is 5.92 Å². The van der Waals surface area contributed by atoms with Gasteiger partial charge in [-0.05, 0) is 62.6 Å². The van der Waals surface area contributed by atoms with Crippen molar-refractivity contribution in [2.24, 2.45) is 16.6 Å². The number of piperidine rings is 1. The summed E-state index contributed by atoms with van der Waals surface area (Å²) in [6.45, 7) is 9.19. The van der Waals surface area contributed by atoms with Crippen LogP contribution in [-0.4, -0.2) is 47.9 Å². The van der Waals surface area contributed by atoms with Crippen molar-refractivity contribution in [3.63, 3.8) is 0 Å². The molecule has 7 heteroatoms. The molecular weight excluding hydrogens is 436 g/mol. The van der Waals surface area contributed by atoms with Crippen LogP contribution in [0.3, 0.4) is 0 Å². The summed E-state index contributed by atoms with van der Waals surface area (Å²) in [5, 5.41) is 4.78. The molecule has 3 N–H and O–H groups in total. The van der Waals surface area contributed by atoms with E-state index in [0.29, 0.717) is 11.5 Å². The Bertz CT molecular complexity index is 1170. The molecule has 0 aliphatic carbocycles. The topological polar surface area (TPSA) is 86.8 Å². The minimum Gasteiger partial charge on any atom is -0.387 e. The highest BCUT2D eigenvalue weighted by Gasteiger charge is 2.23. The van der Waals surface area contributed by atoms with Gasteiger partial charge in [0.05, 0.1) is 5.69 Å². The Balaban J connectivity index is 1.39. The number of hydrogen-bond donors (Lipinski definition) is 2. The standard InChI is InChI=1S/C28H36N6O/c1-3-15-34(4-2)24-11-5-8-21(17-24)19-33-16-7-10-23(20-33)27(29)32-28(35)31-26-12-6-9-22-18-30-14-13-25(22)26/h5-6,8-9,11-14,17-18,23H,3-4,7,10,15-16,19-20H2,1-2H3,(H3,29,31,32,35). The summed E-state index contributed by atoms with van der Waals surface area (Å²) >= 11 is 0. The quantitative estimate of drug-likeness (QED) is 0.344. The lowest BCUT2D eigenvalue weighted by atomic mass is 9.96. The largest absolute Gasteiger partial charge is 0.387 e. The van der Waals surface area contributed by atoms with E-state index >= 15 is 0 Å². The van der Waals surface area contributed by atoms with Crippen LogP contribution in [0.4, 0.5) is 16.2 Å². The second kappa shape index (κ2) is 11.8. The lowest BCUT2D eigenvalue weighted by molar-refractivity contribution is 0.196. The van der Waals surface area contributed by atoms with Crippen molar-refractivity contribution >= 4 is 34.0 Å². The van der Waals surface area contributed by atoms with Crippen molar-refractivity contribution < 1.29 is 4.79 Å². The fraction of sp³-hybridized carbons (Fsp3) is 0.393. The first kappa shape index (κ1) is 24.7. The molecule has 1 aliphatic rings. The smallest absolute Gasteiger partial charge is 0.347 e. The Morgan fingerprint density at radius 1 is 1.23 bits per heavy atom. The lowest BCUT2D eigenvalue weighted by Gasteiger charge is -2.32. The number of rotatable bonds is 8. The maximum atomic E-state index is 12.7. The van der Waals surface area contributed by atoms with E-state index in [2.05, 4.69) is 63.2 Å². The van der Waals surface area contributed by atoms with Gasteiger partial charge in [0, 0.05) is 61.0 Å². The second-order valence-electron chi connectivity index (χ2n) is 9.19. The number of likely N-dealkylation sites (tertiary alicyclic amines) is 1. The Labute approximate surface area is 208 Å². The first-order chi connectivity index (χ1) is 17.1. The van der Waals surface area contributed by atoms with Crippen molar-refractivity contribution in [3.8, 4) is 0 Å². The van der Waals surface area contributed by atoms with Gasteiger partial charge in [0.15, 0.2) is 0 Å². The molecule has 1 saturated heterocycles. The highest BCUT2D eigenvalue weighted by molar-refractivity contribution is 6.05. The highest BCUT2D eigenvalue weighted by atomic mass is 16.2. The number of fused-ring (bicyclic) bond motifs is 1. The maximum absolute atomic E-state index is 12.7. The predicted octanol–water partition coefficient (Wildman–Crippen LogP) is 5.27. The van der Waals surface area contributed by atoms with E-state index in [-0.39, 0.29) is 5.92 Å². The number of benzene rings is 2. The number of anilines is 2. The Morgan fingerprint density at radius 2 is 2.09 bits per heavy atom. The molecule has 4 rings (SSSR count). The van der Waals surface area contributed by atoms with E-state index in [1.54, 1.807) is 12.4 Å². The van der Waals surface area contributed by atoms with Crippen molar-refractivity contribution in [1.82, 2.24) is 9.88 Å². The van der Waals surface area contributed by atoms with E-state index in [4.69, 9.17) is 5.73 Å². The van der Waals surface area contributed by atoms with Gasteiger partial charge in [-0.3, -0.25) is 9.88 Å². The van der Waals surface area contributed by atoms with Gasteiger partial charge in [-0.25, -0.2) is 4.79 Å². The molecule has 2 heterocycles. The zero-order chi connectivity index (χ0) is 24.6. The number of carbonyl (C=O) groups is 1. The number of nitrogens with zero attached hydrogens (tertiary/aromatic N) is 4. The van der Waals surface area contributed by atoms with Gasteiger partial charge < -0.3 is 16.0 Å². The van der Waals surface area contributed by atoms with Crippen LogP contribution in [0.15, 0.2) is 65.9 Å². The van der Waals surface area contributed by atoms with E-state index in [1.807, 2.05) is 24.3 Å². The van der Waals surface area contributed by atoms with Crippen LogP contribution in [0.25, 0.3) is 10.8 Å². The number of amidine groups is 1. The molecule has 1 unspecified atom stereocenters. The molecule has 0 spiro atoms. The molecule has 0 saturated carbocycles. The van der Waals surface area contributed by atoms with Gasteiger partial charge in [0.25, 0.3) is 0 Å². The number of aromatic nitrogens is 1. The summed E-state index contributed by atoms with van der Waals surface area (Å²) in [5.41, 5.74) is 9.62. The van der Waals surface area contributed by atoms with E-state index in [9.17, 15) is 4.79 Å². The van der Waals surface area contributed by atoms with E-state index in [0.717, 1.165) is 62.8 Å². The van der Waals surface area contributed by atoms with Crippen LogP contribution in [-0.2, 0) is 6.54 Å². The number of hydrogen-bond acceptors (Lipinski definition) is 4. The normalized spacial score (nSPS) is 16.9. The SMILES string of the molecule is CCCN(CC)c1cccc(CN2CCCC(/C(N)=N/C(=O)Nc3cccc4cnccc34)C2)c1. The molecule has 1 aliphatic heterocycles. The number of amides is 2. The van der Waals surface area contributed by atoms with Crippen LogP contribution < -0.4 is 16.0 Å². The zero-order valence-electron chi connectivity index (χ0n) is 20.8. The maximum Gasteiger partial charge on any atom is 0.347 e. The molecule has 0 radical (unpaired) electrons. The molecule has 2 aromatic carbocycles. The Morgan fingerprint density at radius 3 is 2.91 bits per heavy atom. The van der Waals surface area contributed by atoms with Gasteiger partial charge in [0.1, 0.15) is 5.84 Å². The minimum absolute atomic E-state index is 0.0710. The number of urea groups is 1. The third kappa shape index (κ3) is 6.36. The average Bonchev–Trinajstić information content (AvgIpc) is 2.88. The van der Waals surface area contributed by atoms with Gasteiger partial charge in [-0.15, -0.1) is 0 Å². The molecule has 1 fully saturated rings. The average molecular weight is 473 g/mol. The molecule has 1 aromatic heterocycles. The fourth-order valence-corrected chi connectivity index (χ4v) is 4.87. The number of aliphatic imine (C=N–C) groups is 1. The lowest BCUT2D eigenvalue weighted by Crippen LogP contribution is -2.41. The van der Waals surface area contributed by atoms with Crippen LogP contribution in [0.2, 0.25) is 0 Å². The summed E-state index contributed by atoms with van der Waals surface area (Å²) in [6.07, 6.45) is 6.61. The number of nitrogens with two attached hydrogens (primary N) is 1. The first-order valence-corrected chi connectivity index (χ1v) is 12.6. The third-order valence-electron chi connectivity index (χ3n) is 6.63. The monoisotopic (exact) mass is 472 g/mol. The van der Waals surface area contributed by atoms with Crippen LogP contribution in [0.5, 0.6) is 0 Å². The molecular formula is C28H36N6O. The first-order valence-electron chi connectivity index (χ1n) is 12.6. The van der Waals surface area contributed by atoms with Gasteiger partial charge in [-0.1, -0.05) is 31.2 Å². The molecule has 1 atom stereocenters. The van der Waals surface area contributed by atoms with Crippen LogP contribution >= 0.6 is 0 Å². The Kier molecular flexibility index (Phi) is 8.32. The van der Waals surface area contributed by atoms with Crippen molar-refractivity contribution in [2.45, 2.75) is 39.7 Å². The zero-order valence-corrected chi connectivity index (χ0v) is 20.8. The van der Waals surface area contributed by atoms with Crippen molar-refractivity contribution in [3.05, 3.63) is 66.5 Å². The van der Waals surface area contributed by atoms with E-state index < -0.39 is 6.03 Å². The number of nitrogens with one attached hydrogen (secondary N) is 1.